The number of nitrogens with zero attached hydrogens (tertiary/aromatic N) is 2. The fraction of sp³-hybridized carbons (Fsp3) is 0.400. The maximum Gasteiger partial charge on any atom is 0.303 e. The van der Waals surface area contributed by atoms with Gasteiger partial charge in [0, 0.05) is 13.0 Å². The molecule has 0 unspecified atom stereocenters. The van der Waals surface area contributed by atoms with Crippen molar-refractivity contribution in [1.29, 1.82) is 0 Å². The first-order chi connectivity index (χ1) is 8.09. The second-order valence-electron chi connectivity index (χ2n) is 3.33. The van der Waals surface area contributed by atoms with E-state index in [1.165, 1.54) is 12.4 Å². The Morgan fingerprint density at radius 3 is 2.65 bits per heavy atom. The molecule has 0 atom stereocenters. The van der Waals surface area contributed by atoms with E-state index in [1.807, 2.05) is 0 Å². The van der Waals surface area contributed by atoms with Crippen LogP contribution < -0.4 is 5.32 Å². The van der Waals surface area contributed by atoms with Crippen molar-refractivity contribution in [3.8, 4) is 0 Å². The Kier molecular flexibility index (Phi) is 5.35. The third-order valence-electron chi connectivity index (χ3n) is 1.96. The molecule has 92 valence electrons. The summed E-state index contributed by atoms with van der Waals surface area (Å²) in [7, 11) is 0. The van der Waals surface area contributed by atoms with Crippen molar-refractivity contribution in [1.82, 2.24) is 15.3 Å². The summed E-state index contributed by atoms with van der Waals surface area (Å²) in [6.45, 7) is 0.413. The molecule has 0 saturated carbocycles. The minimum atomic E-state index is -0.833. The van der Waals surface area contributed by atoms with Crippen LogP contribution >= 0.6 is 11.6 Å². The second kappa shape index (κ2) is 6.80. The zero-order valence-corrected chi connectivity index (χ0v) is 9.78. The highest BCUT2D eigenvalue weighted by molar-refractivity contribution is 6.29. The van der Waals surface area contributed by atoms with E-state index in [4.69, 9.17) is 16.7 Å². The number of rotatable bonds is 6. The first kappa shape index (κ1) is 13.4. The molecule has 1 aromatic rings. The summed E-state index contributed by atoms with van der Waals surface area (Å²) < 4.78 is 0. The normalized spacial score (nSPS) is 9.94. The number of amides is 1. The van der Waals surface area contributed by atoms with Gasteiger partial charge in [0.15, 0.2) is 0 Å². The quantitative estimate of drug-likeness (QED) is 0.745. The van der Waals surface area contributed by atoms with Crippen LogP contribution in [0.5, 0.6) is 0 Å². The van der Waals surface area contributed by atoms with Crippen molar-refractivity contribution in [2.75, 3.05) is 6.54 Å². The zero-order chi connectivity index (χ0) is 12.7. The molecule has 2 N–H and O–H groups in total. The third-order valence-corrected chi connectivity index (χ3v) is 2.15. The summed E-state index contributed by atoms with van der Waals surface area (Å²) in [6, 6.07) is 0. The summed E-state index contributed by atoms with van der Waals surface area (Å²) in [5.41, 5.74) is 0.188. The van der Waals surface area contributed by atoms with E-state index in [-0.39, 0.29) is 23.2 Å². The fourth-order valence-electron chi connectivity index (χ4n) is 1.12. The lowest BCUT2D eigenvalue weighted by Crippen LogP contribution is -2.25. The van der Waals surface area contributed by atoms with Gasteiger partial charge in [0.25, 0.3) is 5.91 Å². The number of hydrogen-bond acceptors (Lipinski definition) is 4. The minimum absolute atomic E-state index is 0.108. The Morgan fingerprint density at radius 1 is 1.29 bits per heavy atom. The zero-order valence-electron chi connectivity index (χ0n) is 9.02. The SMILES string of the molecule is O=C(O)CCCCNC(=O)c1cnc(Cl)cn1. The van der Waals surface area contributed by atoms with Crippen molar-refractivity contribution >= 4 is 23.5 Å². The van der Waals surface area contributed by atoms with Gasteiger partial charge in [-0.3, -0.25) is 9.59 Å². The van der Waals surface area contributed by atoms with Gasteiger partial charge in [0.05, 0.1) is 12.4 Å². The molecular formula is C10H12ClN3O3. The molecule has 0 aliphatic rings. The molecule has 0 spiro atoms. The van der Waals surface area contributed by atoms with Crippen molar-refractivity contribution in [2.24, 2.45) is 0 Å². The highest BCUT2D eigenvalue weighted by Crippen LogP contribution is 2.01. The molecule has 0 radical (unpaired) electrons. The lowest BCUT2D eigenvalue weighted by Gasteiger charge is -2.03. The van der Waals surface area contributed by atoms with Crippen molar-refractivity contribution in [2.45, 2.75) is 19.3 Å². The topological polar surface area (TPSA) is 92.2 Å². The Hall–Kier alpha value is -1.69. The number of aliphatic carboxylic acids is 1. The van der Waals surface area contributed by atoms with E-state index < -0.39 is 5.97 Å². The molecule has 0 aliphatic carbocycles. The van der Waals surface area contributed by atoms with E-state index in [0.29, 0.717) is 19.4 Å². The summed E-state index contributed by atoms with van der Waals surface area (Å²) in [5.74, 6) is -1.18. The number of carbonyl (C=O) groups is 2. The monoisotopic (exact) mass is 257 g/mol. The number of carboxylic acid groups (broad SMARTS) is 1. The van der Waals surface area contributed by atoms with Gasteiger partial charge >= 0.3 is 5.97 Å². The fourth-order valence-corrected chi connectivity index (χ4v) is 1.22. The molecule has 1 amide bonds. The van der Waals surface area contributed by atoms with Crippen LogP contribution in [0.4, 0.5) is 0 Å². The lowest BCUT2D eigenvalue weighted by atomic mass is 10.2. The van der Waals surface area contributed by atoms with E-state index in [2.05, 4.69) is 15.3 Å². The summed E-state index contributed by atoms with van der Waals surface area (Å²) in [4.78, 5) is 29.2. The van der Waals surface area contributed by atoms with Gasteiger partial charge in [0.2, 0.25) is 0 Å². The molecule has 1 aromatic heterocycles. The van der Waals surface area contributed by atoms with E-state index in [9.17, 15) is 9.59 Å². The van der Waals surface area contributed by atoms with Gasteiger partial charge in [-0.2, -0.15) is 0 Å². The largest absolute Gasteiger partial charge is 0.481 e. The Bertz CT molecular complexity index is 394. The number of halogens is 1. The van der Waals surface area contributed by atoms with Crippen LogP contribution in [-0.4, -0.2) is 33.5 Å². The van der Waals surface area contributed by atoms with Crippen molar-refractivity contribution in [3.63, 3.8) is 0 Å². The van der Waals surface area contributed by atoms with Crippen molar-refractivity contribution in [3.05, 3.63) is 23.2 Å². The van der Waals surface area contributed by atoms with Crippen molar-refractivity contribution < 1.29 is 14.7 Å². The first-order valence-corrected chi connectivity index (χ1v) is 5.45. The predicted octanol–water partition coefficient (Wildman–Crippen LogP) is 1.11. The van der Waals surface area contributed by atoms with E-state index in [1.54, 1.807) is 0 Å². The van der Waals surface area contributed by atoms with Gasteiger partial charge in [-0.05, 0) is 12.8 Å². The Balaban J connectivity index is 2.25. The molecule has 1 heterocycles. The number of aromatic nitrogens is 2. The molecule has 17 heavy (non-hydrogen) atoms. The number of carboxylic acids is 1. The van der Waals surface area contributed by atoms with Gasteiger partial charge in [-0.15, -0.1) is 0 Å². The highest BCUT2D eigenvalue weighted by Gasteiger charge is 2.06. The summed E-state index contributed by atoms with van der Waals surface area (Å²) in [6.07, 6.45) is 3.83. The van der Waals surface area contributed by atoms with Crippen LogP contribution in [0.15, 0.2) is 12.4 Å². The standard InChI is InChI=1S/C10H12ClN3O3/c11-8-6-13-7(5-14-8)10(17)12-4-2-1-3-9(15)16/h5-6H,1-4H2,(H,12,17)(H,15,16). The lowest BCUT2D eigenvalue weighted by molar-refractivity contribution is -0.137. The second-order valence-corrected chi connectivity index (χ2v) is 3.72. The van der Waals surface area contributed by atoms with Crippen LogP contribution in [0.2, 0.25) is 5.15 Å². The Labute approximate surface area is 103 Å². The maximum absolute atomic E-state index is 11.5. The summed E-state index contributed by atoms with van der Waals surface area (Å²) in [5, 5.41) is 11.2. The predicted molar refractivity (Wildman–Crippen MR) is 60.9 cm³/mol. The smallest absolute Gasteiger partial charge is 0.303 e. The van der Waals surface area contributed by atoms with Gasteiger partial charge in [0.1, 0.15) is 10.8 Å². The minimum Gasteiger partial charge on any atom is -0.481 e. The van der Waals surface area contributed by atoms with Gasteiger partial charge in [-0.1, -0.05) is 11.6 Å². The highest BCUT2D eigenvalue weighted by atomic mass is 35.5. The van der Waals surface area contributed by atoms with Crippen LogP contribution in [0.3, 0.4) is 0 Å². The van der Waals surface area contributed by atoms with Crippen LogP contribution in [0.25, 0.3) is 0 Å². The first-order valence-electron chi connectivity index (χ1n) is 5.07. The molecule has 0 bridgehead atoms. The molecule has 7 heteroatoms. The van der Waals surface area contributed by atoms with Crippen LogP contribution in [-0.2, 0) is 4.79 Å². The third kappa shape index (κ3) is 5.26. The molecule has 1 rings (SSSR count). The number of nitrogens with one attached hydrogen (secondary N) is 1. The average Bonchev–Trinajstić information content (AvgIpc) is 2.29. The van der Waals surface area contributed by atoms with Crippen LogP contribution in [0.1, 0.15) is 29.8 Å². The number of unbranched alkanes of at least 4 members (excludes halogenated alkanes) is 1. The summed E-state index contributed by atoms with van der Waals surface area (Å²) >= 11 is 5.53. The van der Waals surface area contributed by atoms with E-state index in [0.717, 1.165) is 0 Å². The molecule has 0 aliphatic heterocycles. The Morgan fingerprint density at radius 2 is 2.06 bits per heavy atom. The molecule has 0 fully saturated rings. The van der Waals surface area contributed by atoms with Crippen LogP contribution in [0, 0.1) is 0 Å². The van der Waals surface area contributed by atoms with Gasteiger partial charge < -0.3 is 10.4 Å². The number of hydrogen-bond donors (Lipinski definition) is 2. The number of carbonyl (C=O) groups excluding carboxylic acids is 1. The van der Waals surface area contributed by atoms with Gasteiger partial charge in [-0.25, -0.2) is 9.97 Å². The van der Waals surface area contributed by atoms with E-state index >= 15 is 0 Å². The molecular weight excluding hydrogens is 246 g/mol. The molecule has 6 nitrogen and oxygen atoms in total. The average molecular weight is 258 g/mol. The molecule has 0 saturated heterocycles. The molecule has 0 aromatic carbocycles. The maximum atomic E-state index is 11.5.